The molecule has 6 atom stereocenters. The number of aliphatic hydroxyl groups excluding tert-OH is 1. The van der Waals surface area contributed by atoms with Crippen molar-refractivity contribution in [2.45, 2.75) is 58.3 Å². The lowest BCUT2D eigenvalue weighted by Gasteiger charge is -2.64. The van der Waals surface area contributed by atoms with Crippen molar-refractivity contribution in [3.63, 3.8) is 0 Å². The summed E-state index contributed by atoms with van der Waals surface area (Å²) in [6.45, 7) is 7.33. The van der Waals surface area contributed by atoms with Crippen LogP contribution in [-0.2, 0) is 9.53 Å². The van der Waals surface area contributed by atoms with Gasteiger partial charge in [0.2, 0.25) is 0 Å². The molecule has 0 saturated heterocycles. The summed E-state index contributed by atoms with van der Waals surface area (Å²) in [5.74, 6) is -1.75. The Morgan fingerprint density at radius 3 is 2.47 bits per heavy atom. The second kappa shape index (κ2) is 6.31. The molecule has 0 bridgehead atoms. The van der Waals surface area contributed by atoms with Gasteiger partial charge in [-0.2, -0.15) is 0 Å². The van der Waals surface area contributed by atoms with Gasteiger partial charge < -0.3 is 25.2 Å². The zero-order chi connectivity index (χ0) is 22.2. The van der Waals surface area contributed by atoms with Crippen LogP contribution in [0.1, 0.15) is 49.5 Å². The highest BCUT2D eigenvalue weighted by Gasteiger charge is 2.74. The zero-order valence-electron chi connectivity index (χ0n) is 17.5. The van der Waals surface area contributed by atoms with Gasteiger partial charge in [0.1, 0.15) is 35.1 Å². The van der Waals surface area contributed by atoms with Crippen molar-refractivity contribution in [1.29, 1.82) is 0 Å². The Morgan fingerprint density at radius 1 is 1.20 bits per heavy atom. The number of phenols is 2. The fourth-order valence-corrected chi connectivity index (χ4v) is 6.21. The summed E-state index contributed by atoms with van der Waals surface area (Å²) < 4.78 is 5.57. The van der Waals surface area contributed by atoms with Crippen LogP contribution in [0.5, 0.6) is 11.5 Å². The van der Waals surface area contributed by atoms with Crippen molar-refractivity contribution in [3.05, 3.63) is 34.9 Å². The number of phenolic OH excluding ortho intramolecular Hbond substituents is 2. The molecule has 162 valence electrons. The van der Waals surface area contributed by atoms with Gasteiger partial charge in [-0.3, -0.25) is 4.79 Å². The fourth-order valence-electron chi connectivity index (χ4n) is 6.21. The van der Waals surface area contributed by atoms with Crippen molar-refractivity contribution >= 4 is 12.3 Å². The lowest BCUT2D eigenvalue weighted by Crippen LogP contribution is -2.74. The number of aliphatic hydroxyl groups is 2. The number of esters is 1. The third kappa shape index (κ3) is 2.51. The van der Waals surface area contributed by atoms with E-state index < -0.39 is 34.9 Å². The van der Waals surface area contributed by atoms with Gasteiger partial charge in [-0.1, -0.05) is 26.8 Å². The Hall–Kier alpha value is -2.38. The van der Waals surface area contributed by atoms with E-state index in [1.165, 1.54) is 6.07 Å². The van der Waals surface area contributed by atoms with Crippen molar-refractivity contribution in [1.82, 2.24) is 0 Å². The van der Waals surface area contributed by atoms with Crippen LogP contribution in [0.3, 0.4) is 0 Å². The Kier molecular flexibility index (Phi) is 4.39. The molecule has 1 aromatic rings. The number of benzene rings is 1. The van der Waals surface area contributed by atoms with E-state index in [2.05, 4.69) is 0 Å². The predicted octanol–water partition coefficient (Wildman–Crippen LogP) is 2.23. The number of carbonyl (C=O) groups excluding carboxylic acids is 2. The minimum absolute atomic E-state index is 0.0412. The Bertz CT molecular complexity index is 941. The molecule has 30 heavy (non-hydrogen) atoms. The minimum Gasteiger partial charge on any atom is -0.508 e. The van der Waals surface area contributed by atoms with Crippen molar-refractivity contribution in [3.8, 4) is 11.5 Å². The van der Waals surface area contributed by atoms with E-state index >= 15 is 0 Å². The van der Waals surface area contributed by atoms with Crippen LogP contribution in [0.4, 0.5) is 0 Å². The molecule has 0 amide bonds. The maximum atomic E-state index is 12.8. The minimum atomic E-state index is -1.71. The molecule has 3 aliphatic carbocycles. The van der Waals surface area contributed by atoms with Crippen molar-refractivity contribution in [2.24, 2.45) is 22.7 Å². The van der Waals surface area contributed by atoms with E-state index in [-0.39, 0.29) is 40.6 Å². The van der Waals surface area contributed by atoms with E-state index in [1.807, 2.05) is 20.8 Å². The van der Waals surface area contributed by atoms with E-state index in [1.54, 1.807) is 13.0 Å². The van der Waals surface area contributed by atoms with Crippen LogP contribution in [0, 0.1) is 29.6 Å². The number of hydrogen-bond acceptors (Lipinski definition) is 7. The molecule has 2 saturated carbocycles. The first-order valence-corrected chi connectivity index (χ1v) is 10.2. The largest absolute Gasteiger partial charge is 0.508 e. The first-order chi connectivity index (χ1) is 13.9. The number of carbonyl (C=O) groups is 2. The molecule has 0 aliphatic heterocycles. The molecule has 1 unspecified atom stereocenters. The molecule has 0 aromatic heterocycles. The van der Waals surface area contributed by atoms with Gasteiger partial charge in [0.25, 0.3) is 0 Å². The average Bonchev–Trinajstić information content (AvgIpc) is 2.86. The summed E-state index contributed by atoms with van der Waals surface area (Å²) in [6, 6.07) is 2.37. The third-order valence-electron chi connectivity index (χ3n) is 7.76. The highest BCUT2D eigenvalue weighted by atomic mass is 16.6. The average molecular weight is 416 g/mol. The smallest absolute Gasteiger partial charge is 0.342 e. The van der Waals surface area contributed by atoms with Gasteiger partial charge in [-0.05, 0) is 42.7 Å². The molecule has 7 heteroatoms. The van der Waals surface area contributed by atoms with Crippen LogP contribution < -0.4 is 0 Å². The fraction of sp³-hybridized carbons (Fsp3) is 0.565. The van der Waals surface area contributed by atoms with Gasteiger partial charge in [-0.15, -0.1) is 0 Å². The predicted molar refractivity (Wildman–Crippen MR) is 107 cm³/mol. The van der Waals surface area contributed by atoms with Crippen LogP contribution in [0.2, 0.25) is 0 Å². The van der Waals surface area contributed by atoms with Crippen molar-refractivity contribution < 1.29 is 34.8 Å². The van der Waals surface area contributed by atoms with E-state index in [9.17, 15) is 30.0 Å². The number of hydrogen-bond donors (Lipinski definition) is 4. The first kappa shape index (κ1) is 20.9. The summed E-state index contributed by atoms with van der Waals surface area (Å²) in [4.78, 5) is 24.7. The van der Waals surface area contributed by atoms with E-state index in [0.29, 0.717) is 18.3 Å². The maximum absolute atomic E-state index is 12.8. The quantitative estimate of drug-likeness (QED) is 0.440. The highest BCUT2D eigenvalue weighted by Crippen LogP contribution is 2.68. The topological polar surface area (TPSA) is 124 Å². The van der Waals surface area contributed by atoms with Crippen LogP contribution in [0.15, 0.2) is 23.8 Å². The third-order valence-corrected chi connectivity index (χ3v) is 7.76. The number of aromatic hydroxyl groups is 2. The second-order valence-corrected chi connectivity index (χ2v) is 10.0. The standard InChI is InChI=1S/C23H28O7/c1-11-5-14(25)7-15(26)17(11)20(28)30-16-9-22(4)18-12(8-21(2,3)19(18)27)6-13(10-24)23(16,22)29/h5-7,10,12,16,18-19,25-27,29H,8-9H2,1-4H3/t12-,16+,18+,19+,22+,23?/m0/s1. The molecular weight excluding hydrogens is 388 g/mol. The van der Waals surface area contributed by atoms with Crippen molar-refractivity contribution in [2.75, 3.05) is 0 Å². The SMILES string of the molecule is Cc1cc(O)cc(O)c1C(=O)O[C@@H]1C[C@]2(C)[C@H]3[C@@H](O)C(C)(C)C[C@@H]3C=C(C=O)C12O. The molecular formula is C23H28O7. The van der Waals surface area contributed by atoms with Gasteiger partial charge in [0, 0.05) is 23.0 Å². The summed E-state index contributed by atoms with van der Waals surface area (Å²) in [5.41, 5.74) is -2.50. The monoisotopic (exact) mass is 416 g/mol. The Labute approximate surface area is 175 Å². The lowest BCUT2D eigenvalue weighted by molar-refractivity contribution is -0.257. The molecule has 0 radical (unpaired) electrons. The summed E-state index contributed by atoms with van der Waals surface area (Å²) in [7, 11) is 0. The number of ether oxygens (including phenoxy) is 1. The molecule has 1 aromatic carbocycles. The molecule has 0 heterocycles. The number of allylic oxidation sites excluding steroid dienone is 1. The molecule has 4 rings (SSSR count). The Morgan fingerprint density at radius 2 is 1.87 bits per heavy atom. The van der Waals surface area contributed by atoms with Gasteiger partial charge in [0.05, 0.1) is 6.10 Å². The second-order valence-electron chi connectivity index (χ2n) is 10.0. The molecule has 7 nitrogen and oxygen atoms in total. The van der Waals surface area contributed by atoms with Gasteiger partial charge in [0.15, 0.2) is 0 Å². The lowest BCUT2D eigenvalue weighted by atomic mass is 9.44. The zero-order valence-corrected chi connectivity index (χ0v) is 17.5. The van der Waals surface area contributed by atoms with E-state index in [0.717, 1.165) is 6.07 Å². The van der Waals surface area contributed by atoms with Gasteiger partial charge in [-0.25, -0.2) is 4.79 Å². The molecule has 4 N–H and O–H groups in total. The number of aldehydes is 1. The van der Waals surface area contributed by atoms with Gasteiger partial charge >= 0.3 is 5.97 Å². The normalized spacial score (nSPS) is 38.7. The maximum Gasteiger partial charge on any atom is 0.342 e. The Balaban J connectivity index is 1.68. The first-order valence-electron chi connectivity index (χ1n) is 10.2. The summed E-state index contributed by atoms with van der Waals surface area (Å²) in [5, 5.41) is 42.2. The molecule has 3 aliphatic rings. The number of fused-ring (bicyclic) bond motifs is 3. The summed E-state index contributed by atoms with van der Waals surface area (Å²) >= 11 is 0. The van der Waals surface area contributed by atoms with E-state index in [4.69, 9.17) is 4.74 Å². The highest BCUT2D eigenvalue weighted by molar-refractivity contribution is 5.94. The van der Waals surface area contributed by atoms with Crippen LogP contribution in [0.25, 0.3) is 0 Å². The molecule has 0 spiro atoms. The summed E-state index contributed by atoms with van der Waals surface area (Å²) in [6.07, 6.45) is 1.66. The molecule has 2 fully saturated rings. The van der Waals surface area contributed by atoms with Crippen LogP contribution in [-0.4, -0.2) is 50.5 Å². The van der Waals surface area contributed by atoms with Crippen LogP contribution >= 0.6 is 0 Å². The number of rotatable bonds is 3. The number of aryl methyl sites for hydroxylation is 1.